The minimum atomic E-state index is 0.0781. The van der Waals surface area contributed by atoms with E-state index in [0.717, 1.165) is 11.3 Å². The van der Waals surface area contributed by atoms with E-state index in [1.165, 1.54) is 11.1 Å². The maximum absolute atomic E-state index is 11.6. The summed E-state index contributed by atoms with van der Waals surface area (Å²) < 4.78 is 4.92. The molecule has 0 saturated heterocycles. The molecular weight excluding hydrogens is 246 g/mol. The van der Waals surface area contributed by atoms with Gasteiger partial charge >= 0.3 is 0 Å². The fourth-order valence-electron chi connectivity index (χ4n) is 1.45. The van der Waals surface area contributed by atoms with Crippen molar-refractivity contribution >= 4 is 17.7 Å². The van der Waals surface area contributed by atoms with Gasteiger partial charge in [-0.15, -0.1) is 11.8 Å². The monoisotopic (exact) mass is 267 g/mol. The Bertz CT molecular complexity index is 393. The van der Waals surface area contributed by atoms with Crippen LogP contribution < -0.4 is 5.32 Å². The predicted molar refractivity (Wildman–Crippen MR) is 76.1 cm³/mol. The molecule has 0 radical (unpaired) electrons. The van der Waals surface area contributed by atoms with Gasteiger partial charge in [-0.05, 0) is 43.5 Å². The summed E-state index contributed by atoms with van der Waals surface area (Å²) in [4.78, 5) is 12.7. The number of amides is 1. The lowest BCUT2D eigenvalue weighted by Crippen LogP contribution is -2.26. The zero-order chi connectivity index (χ0) is 13.4. The van der Waals surface area contributed by atoms with Crippen molar-refractivity contribution in [3.05, 3.63) is 29.3 Å². The molecule has 0 unspecified atom stereocenters. The van der Waals surface area contributed by atoms with Gasteiger partial charge in [-0.3, -0.25) is 4.79 Å². The van der Waals surface area contributed by atoms with E-state index in [4.69, 9.17) is 4.74 Å². The highest BCUT2D eigenvalue weighted by molar-refractivity contribution is 8.00. The highest BCUT2D eigenvalue weighted by Crippen LogP contribution is 2.20. The third kappa shape index (κ3) is 5.56. The Morgan fingerprint density at radius 1 is 1.33 bits per heavy atom. The Labute approximate surface area is 113 Å². The van der Waals surface area contributed by atoms with Gasteiger partial charge in [0.2, 0.25) is 5.91 Å². The molecule has 18 heavy (non-hydrogen) atoms. The van der Waals surface area contributed by atoms with E-state index in [1.807, 2.05) is 0 Å². The second-order valence-corrected chi connectivity index (χ2v) is 5.28. The van der Waals surface area contributed by atoms with Gasteiger partial charge in [0.25, 0.3) is 0 Å². The van der Waals surface area contributed by atoms with Crippen molar-refractivity contribution < 1.29 is 9.53 Å². The number of rotatable bonds is 7. The van der Waals surface area contributed by atoms with Crippen LogP contribution in [0.25, 0.3) is 0 Å². The van der Waals surface area contributed by atoms with Crippen LogP contribution in [0.4, 0.5) is 0 Å². The SMILES string of the molecule is COCCCNC(=O)CSc1ccc(C)c(C)c1. The molecule has 1 N–H and O–H groups in total. The molecular formula is C14H21NO2S. The number of thioether (sulfide) groups is 1. The molecule has 0 aromatic heterocycles. The van der Waals surface area contributed by atoms with E-state index in [-0.39, 0.29) is 5.91 Å². The number of methoxy groups -OCH3 is 1. The third-order valence-corrected chi connectivity index (χ3v) is 3.69. The van der Waals surface area contributed by atoms with Crippen molar-refractivity contribution in [2.45, 2.75) is 25.2 Å². The van der Waals surface area contributed by atoms with E-state index < -0.39 is 0 Å². The van der Waals surface area contributed by atoms with Gasteiger partial charge in [-0.25, -0.2) is 0 Å². The molecule has 0 aliphatic heterocycles. The molecule has 3 nitrogen and oxygen atoms in total. The van der Waals surface area contributed by atoms with Gasteiger partial charge < -0.3 is 10.1 Å². The molecule has 0 aliphatic rings. The number of benzene rings is 1. The van der Waals surface area contributed by atoms with Crippen LogP contribution in [0, 0.1) is 13.8 Å². The van der Waals surface area contributed by atoms with Crippen molar-refractivity contribution in [1.29, 1.82) is 0 Å². The number of hydrogen-bond donors (Lipinski definition) is 1. The van der Waals surface area contributed by atoms with Crippen molar-refractivity contribution in [2.24, 2.45) is 0 Å². The number of ether oxygens (including phenoxy) is 1. The van der Waals surface area contributed by atoms with Gasteiger partial charge in [0.05, 0.1) is 5.75 Å². The van der Waals surface area contributed by atoms with Crippen molar-refractivity contribution in [3.8, 4) is 0 Å². The predicted octanol–water partition coefficient (Wildman–Crippen LogP) is 2.55. The number of carbonyl (C=O) groups is 1. The van der Waals surface area contributed by atoms with E-state index in [9.17, 15) is 4.79 Å². The van der Waals surface area contributed by atoms with Crippen molar-refractivity contribution in [2.75, 3.05) is 26.0 Å². The molecule has 1 rings (SSSR count). The van der Waals surface area contributed by atoms with Crippen LogP contribution in [0.1, 0.15) is 17.5 Å². The minimum Gasteiger partial charge on any atom is -0.385 e. The lowest BCUT2D eigenvalue weighted by atomic mass is 10.1. The summed E-state index contributed by atoms with van der Waals surface area (Å²) in [7, 11) is 1.66. The van der Waals surface area contributed by atoms with Crippen LogP contribution >= 0.6 is 11.8 Å². The van der Waals surface area contributed by atoms with Crippen LogP contribution in [-0.4, -0.2) is 31.9 Å². The molecule has 4 heteroatoms. The van der Waals surface area contributed by atoms with Crippen LogP contribution in [0.2, 0.25) is 0 Å². The molecule has 1 aromatic rings. The zero-order valence-electron chi connectivity index (χ0n) is 11.3. The normalized spacial score (nSPS) is 10.4. The molecule has 0 fully saturated rings. The van der Waals surface area contributed by atoms with Gasteiger partial charge in [-0.2, -0.15) is 0 Å². The molecule has 100 valence electrons. The summed E-state index contributed by atoms with van der Waals surface area (Å²) in [6.45, 7) is 5.54. The highest BCUT2D eigenvalue weighted by Gasteiger charge is 2.03. The summed E-state index contributed by atoms with van der Waals surface area (Å²) in [6.07, 6.45) is 0.858. The average Bonchev–Trinajstić information content (AvgIpc) is 2.36. The van der Waals surface area contributed by atoms with E-state index in [2.05, 4.69) is 37.4 Å². The quantitative estimate of drug-likeness (QED) is 0.609. The Morgan fingerprint density at radius 3 is 2.78 bits per heavy atom. The zero-order valence-corrected chi connectivity index (χ0v) is 12.1. The lowest BCUT2D eigenvalue weighted by Gasteiger charge is -2.06. The first kappa shape index (κ1) is 15.1. The molecule has 1 aromatic carbocycles. The van der Waals surface area contributed by atoms with E-state index >= 15 is 0 Å². The summed E-state index contributed by atoms with van der Waals surface area (Å²) in [5.41, 5.74) is 2.55. The smallest absolute Gasteiger partial charge is 0.230 e. The Kier molecular flexibility index (Phi) is 6.83. The highest BCUT2D eigenvalue weighted by atomic mass is 32.2. The fraction of sp³-hybridized carbons (Fsp3) is 0.500. The topological polar surface area (TPSA) is 38.3 Å². The molecule has 0 spiro atoms. The average molecular weight is 267 g/mol. The summed E-state index contributed by atoms with van der Waals surface area (Å²) >= 11 is 1.57. The largest absolute Gasteiger partial charge is 0.385 e. The van der Waals surface area contributed by atoms with E-state index in [0.29, 0.717) is 18.9 Å². The maximum Gasteiger partial charge on any atom is 0.230 e. The van der Waals surface area contributed by atoms with Gasteiger partial charge in [0.1, 0.15) is 0 Å². The van der Waals surface area contributed by atoms with Crippen LogP contribution in [0.15, 0.2) is 23.1 Å². The summed E-state index contributed by atoms with van der Waals surface area (Å²) in [6, 6.07) is 6.28. The van der Waals surface area contributed by atoms with Crippen LogP contribution in [0.3, 0.4) is 0 Å². The first-order valence-electron chi connectivity index (χ1n) is 6.09. The second kappa shape index (κ2) is 8.16. The first-order chi connectivity index (χ1) is 8.63. The molecule has 1 amide bonds. The standard InChI is InChI=1S/C14H21NO2S/c1-11-5-6-13(9-12(11)2)18-10-14(16)15-7-4-8-17-3/h5-6,9H,4,7-8,10H2,1-3H3,(H,15,16). The Morgan fingerprint density at radius 2 is 2.11 bits per heavy atom. The number of hydrogen-bond acceptors (Lipinski definition) is 3. The fourth-order valence-corrected chi connectivity index (χ4v) is 2.27. The number of nitrogens with one attached hydrogen (secondary N) is 1. The Balaban J connectivity index is 2.27. The van der Waals surface area contributed by atoms with Gasteiger partial charge in [-0.1, -0.05) is 6.07 Å². The third-order valence-electron chi connectivity index (χ3n) is 2.70. The van der Waals surface area contributed by atoms with E-state index in [1.54, 1.807) is 18.9 Å². The molecule has 0 atom stereocenters. The van der Waals surface area contributed by atoms with Gasteiger partial charge in [0.15, 0.2) is 0 Å². The molecule has 0 saturated carbocycles. The van der Waals surface area contributed by atoms with Crippen molar-refractivity contribution in [3.63, 3.8) is 0 Å². The van der Waals surface area contributed by atoms with Crippen molar-refractivity contribution in [1.82, 2.24) is 5.32 Å². The maximum atomic E-state index is 11.6. The van der Waals surface area contributed by atoms with Crippen LogP contribution in [-0.2, 0) is 9.53 Å². The first-order valence-corrected chi connectivity index (χ1v) is 7.07. The summed E-state index contributed by atoms with van der Waals surface area (Å²) in [5.74, 6) is 0.546. The Hall–Kier alpha value is -1.00. The number of aryl methyl sites for hydroxylation is 2. The summed E-state index contributed by atoms with van der Waals surface area (Å²) in [5, 5.41) is 2.87. The molecule has 0 heterocycles. The van der Waals surface area contributed by atoms with Gasteiger partial charge in [0, 0.05) is 25.2 Å². The minimum absolute atomic E-state index is 0.0781. The van der Waals surface area contributed by atoms with Crippen LogP contribution in [0.5, 0.6) is 0 Å². The molecule has 0 bridgehead atoms. The molecule has 0 aliphatic carbocycles. The lowest BCUT2D eigenvalue weighted by molar-refractivity contribution is -0.118. The number of carbonyl (C=O) groups excluding carboxylic acids is 1. The second-order valence-electron chi connectivity index (χ2n) is 4.23.